The normalized spacial score (nSPS) is 9.68. The van der Waals surface area contributed by atoms with Gasteiger partial charge in [-0.2, -0.15) is 0 Å². The molecule has 0 heterocycles. The van der Waals surface area contributed by atoms with Gasteiger partial charge in [0.1, 0.15) is 5.75 Å². The monoisotopic (exact) mass is 480 g/mol. The van der Waals surface area contributed by atoms with E-state index in [0.717, 1.165) is 28.5 Å². The molecule has 120 valence electrons. The zero-order valence-electron chi connectivity index (χ0n) is 13.1. The van der Waals surface area contributed by atoms with Gasteiger partial charge >= 0.3 is 20.1 Å². The van der Waals surface area contributed by atoms with E-state index in [0.29, 0.717) is 0 Å². The van der Waals surface area contributed by atoms with Gasteiger partial charge in [-0.1, -0.05) is 6.92 Å². The van der Waals surface area contributed by atoms with Crippen molar-refractivity contribution < 1.29 is 35.1 Å². The van der Waals surface area contributed by atoms with Crippen molar-refractivity contribution >= 4 is 11.4 Å². The number of rotatable bonds is 4. The Labute approximate surface area is 145 Å². The smallest absolute Gasteiger partial charge is 0.540 e. The maximum atomic E-state index is 5.12. The van der Waals surface area contributed by atoms with Crippen LogP contribution in [-0.2, 0) is 20.1 Å². The molecule has 0 aliphatic heterocycles. The molecular weight excluding hydrogens is 458 g/mol. The third-order valence-corrected chi connectivity index (χ3v) is 2.78. The largest absolute Gasteiger partial charge is 3.00 e. The van der Waals surface area contributed by atoms with E-state index in [-0.39, 0.29) is 33.0 Å². The molecule has 0 atom stereocenters. The average molecular weight is 480 g/mol. The standard InChI is InChI=1S/C16H16NO2.CH3.Ir.H2O/c1-12(13-4-8-15(18-2)9-5-13)17-14-6-10-16(19-3)11-7-14;;;/h4,6-11H,1-3H3;1H3;;1H2/q2*-1;+3;. The molecule has 22 heavy (non-hydrogen) atoms. The van der Waals surface area contributed by atoms with E-state index in [1.165, 1.54) is 0 Å². The summed E-state index contributed by atoms with van der Waals surface area (Å²) < 4.78 is 10.2. The Morgan fingerprint density at radius 1 is 0.955 bits per heavy atom. The second kappa shape index (κ2) is 11.0. The minimum absolute atomic E-state index is 0. The van der Waals surface area contributed by atoms with Crippen LogP contribution >= 0.6 is 0 Å². The van der Waals surface area contributed by atoms with Crippen LogP contribution in [0.25, 0.3) is 0 Å². The third-order valence-electron chi connectivity index (χ3n) is 2.78. The summed E-state index contributed by atoms with van der Waals surface area (Å²) in [6.45, 7) is 1.96. The fraction of sp³-hybridized carbons (Fsp3) is 0.176. The van der Waals surface area contributed by atoms with Crippen LogP contribution in [-0.4, -0.2) is 25.4 Å². The van der Waals surface area contributed by atoms with E-state index < -0.39 is 0 Å². The molecular formula is C17H21IrNO3+. The Balaban J connectivity index is 0. The molecule has 0 saturated heterocycles. The number of hydrogen-bond acceptors (Lipinski definition) is 3. The van der Waals surface area contributed by atoms with Crippen LogP contribution < -0.4 is 9.47 Å². The van der Waals surface area contributed by atoms with Crippen molar-refractivity contribution in [3.63, 3.8) is 0 Å². The predicted octanol–water partition coefficient (Wildman–Crippen LogP) is 3.27. The number of nitrogens with zero attached hydrogens (tertiary/aromatic N) is 1. The summed E-state index contributed by atoms with van der Waals surface area (Å²) in [5.41, 5.74) is 2.76. The van der Waals surface area contributed by atoms with Gasteiger partial charge in [0.2, 0.25) is 0 Å². The van der Waals surface area contributed by atoms with E-state index in [1.807, 2.05) is 49.4 Å². The van der Waals surface area contributed by atoms with Gasteiger partial charge in [0.05, 0.1) is 19.9 Å². The molecule has 0 spiro atoms. The van der Waals surface area contributed by atoms with Crippen LogP contribution in [0.2, 0.25) is 0 Å². The van der Waals surface area contributed by atoms with Gasteiger partial charge in [-0.15, -0.1) is 29.8 Å². The molecule has 2 aromatic carbocycles. The molecule has 4 nitrogen and oxygen atoms in total. The van der Waals surface area contributed by atoms with Crippen LogP contribution in [0.5, 0.6) is 11.5 Å². The fourth-order valence-corrected chi connectivity index (χ4v) is 1.67. The second-order valence-corrected chi connectivity index (χ2v) is 4.04. The fourth-order valence-electron chi connectivity index (χ4n) is 1.67. The molecule has 2 N–H and O–H groups in total. The first-order valence-electron chi connectivity index (χ1n) is 5.98. The topological polar surface area (TPSA) is 62.3 Å². The molecule has 2 rings (SSSR count). The predicted molar refractivity (Wildman–Crippen MR) is 86.7 cm³/mol. The third kappa shape index (κ3) is 5.98. The summed E-state index contributed by atoms with van der Waals surface area (Å²) in [6.07, 6.45) is 0. The quantitative estimate of drug-likeness (QED) is 0.499. The van der Waals surface area contributed by atoms with Crippen molar-refractivity contribution in [2.45, 2.75) is 6.92 Å². The maximum Gasteiger partial charge on any atom is 3.00 e. The molecule has 0 aliphatic rings. The second-order valence-electron chi connectivity index (χ2n) is 4.04. The zero-order valence-corrected chi connectivity index (χ0v) is 15.5. The number of ether oxygens (including phenoxy) is 2. The number of benzene rings is 2. The van der Waals surface area contributed by atoms with Gasteiger partial charge < -0.3 is 27.4 Å². The Morgan fingerprint density at radius 2 is 1.50 bits per heavy atom. The molecule has 0 aliphatic carbocycles. The molecule has 0 aromatic heterocycles. The first-order valence-corrected chi connectivity index (χ1v) is 5.98. The first-order chi connectivity index (χ1) is 9.22. The first kappa shape index (κ1) is 22.6. The minimum atomic E-state index is 0. The van der Waals surface area contributed by atoms with Gasteiger partial charge in [-0.3, -0.25) is 0 Å². The molecule has 0 unspecified atom stereocenters. The van der Waals surface area contributed by atoms with Crippen molar-refractivity contribution in [1.82, 2.24) is 0 Å². The SMILES string of the molecule is COc1c[c-]c(C(C)=Nc2ccc(OC)cc2)cc1.O.[CH3-].[Ir+3]. The summed E-state index contributed by atoms with van der Waals surface area (Å²) >= 11 is 0. The van der Waals surface area contributed by atoms with Crippen LogP contribution in [0.4, 0.5) is 5.69 Å². The average Bonchev–Trinajstić information content (AvgIpc) is 2.48. The van der Waals surface area contributed by atoms with Crippen LogP contribution in [0.3, 0.4) is 0 Å². The van der Waals surface area contributed by atoms with Crippen molar-refractivity contribution in [2.75, 3.05) is 14.2 Å². The van der Waals surface area contributed by atoms with Crippen molar-refractivity contribution in [3.8, 4) is 11.5 Å². The molecule has 2 aromatic rings. The zero-order chi connectivity index (χ0) is 13.7. The van der Waals surface area contributed by atoms with Gasteiger partial charge in [-0.25, -0.2) is 0 Å². The molecule has 0 amide bonds. The number of methoxy groups -OCH3 is 2. The molecule has 0 radical (unpaired) electrons. The molecule has 0 saturated carbocycles. The molecule has 0 bridgehead atoms. The van der Waals surface area contributed by atoms with Crippen LogP contribution in [0.1, 0.15) is 12.5 Å². The van der Waals surface area contributed by atoms with Gasteiger partial charge in [-0.05, 0) is 30.0 Å². The molecule has 5 heteroatoms. The van der Waals surface area contributed by atoms with E-state index in [4.69, 9.17) is 9.47 Å². The Morgan fingerprint density at radius 3 is 1.95 bits per heavy atom. The van der Waals surface area contributed by atoms with E-state index in [2.05, 4.69) is 11.1 Å². The van der Waals surface area contributed by atoms with E-state index >= 15 is 0 Å². The van der Waals surface area contributed by atoms with Crippen molar-refractivity contribution in [2.24, 2.45) is 4.99 Å². The van der Waals surface area contributed by atoms with Gasteiger partial charge in [0, 0.05) is 5.75 Å². The van der Waals surface area contributed by atoms with Crippen molar-refractivity contribution in [3.05, 3.63) is 61.5 Å². The summed E-state index contributed by atoms with van der Waals surface area (Å²) in [5, 5.41) is 0. The minimum Gasteiger partial charge on any atom is -0.540 e. The Kier molecular flexibility index (Phi) is 11.3. The Hall–Kier alpha value is -1.68. The number of aliphatic imine (C=N–C) groups is 1. The van der Waals surface area contributed by atoms with E-state index in [1.54, 1.807) is 14.2 Å². The van der Waals surface area contributed by atoms with Crippen LogP contribution in [0, 0.1) is 13.5 Å². The summed E-state index contributed by atoms with van der Waals surface area (Å²) in [4.78, 5) is 4.55. The van der Waals surface area contributed by atoms with E-state index in [9.17, 15) is 0 Å². The maximum absolute atomic E-state index is 5.12. The Bertz CT molecular complexity index is 565. The van der Waals surface area contributed by atoms with Gasteiger partial charge in [0.25, 0.3) is 0 Å². The van der Waals surface area contributed by atoms with Gasteiger partial charge in [0.15, 0.2) is 0 Å². The molecule has 0 fully saturated rings. The number of hydrogen-bond donors (Lipinski definition) is 0. The summed E-state index contributed by atoms with van der Waals surface area (Å²) in [5.74, 6) is 1.62. The summed E-state index contributed by atoms with van der Waals surface area (Å²) in [7, 11) is 3.29. The summed E-state index contributed by atoms with van der Waals surface area (Å²) in [6, 6.07) is 16.4. The van der Waals surface area contributed by atoms with Crippen LogP contribution in [0.15, 0.2) is 47.5 Å². The van der Waals surface area contributed by atoms with Crippen molar-refractivity contribution in [1.29, 1.82) is 0 Å².